The van der Waals surface area contributed by atoms with Gasteiger partial charge in [-0.15, -0.1) is 0 Å². The third kappa shape index (κ3) is 2.99. The van der Waals surface area contributed by atoms with Gasteiger partial charge in [0, 0.05) is 43.3 Å². The van der Waals surface area contributed by atoms with Crippen LogP contribution in [-0.4, -0.2) is 57.0 Å². The minimum Gasteiger partial charge on any atom is -0.348 e. The first-order valence-electron chi connectivity index (χ1n) is 9.98. The van der Waals surface area contributed by atoms with Crippen molar-refractivity contribution in [3.05, 3.63) is 36.3 Å². The van der Waals surface area contributed by atoms with Crippen molar-refractivity contribution in [3.63, 3.8) is 0 Å². The quantitative estimate of drug-likeness (QED) is 0.734. The van der Waals surface area contributed by atoms with Gasteiger partial charge in [0.05, 0.1) is 11.7 Å². The van der Waals surface area contributed by atoms with Crippen LogP contribution in [0.5, 0.6) is 0 Å². The predicted molar refractivity (Wildman–Crippen MR) is 108 cm³/mol. The molecule has 0 unspecified atom stereocenters. The number of rotatable bonds is 3. The molecule has 1 aliphatic carbocycles. The van der Waals surface area contributed by atoms with Crippen molar-refractivity contribution in [3.8, 4) is 11.1 Å². The second-order valence-corrected chi connectivity index (χ2v) is 8.66. The fraction of sp³-hybridized carbons (Fsp3) is 0.476. The van der Waals surface area contributed by atoms with Crippen LogP contribution >= 0.6 is 0 Å². The SMILES string of the molecule is CN1CC2(CCC(NC(=O)c3n[nH]c4ccc(-c5cnn(C)c5)cc34)CC2)C1. The summed E-state index contributed by atoms with van der Waals surface area (Å²) in [5.74, 6) is -0.0822. The van der Waals surface area contributed by atoms with Gasteiger partial charge >= 0.3 is 0 Å². The van der Waals surface area contributed by atoms with Crippen LogP contribution in [-0.2, 0) is 7.05 Å². The molecule has 3 heterocycles. The first-order chi connectivity index (χ1) is 13.5. The molecule has 5 rings (SSSR count). The van der Waals surface area contributed by atoms with E-state index in [0.717, 1.165) is 34.9 Å². The Hall–Kier alpha value is -2.67. The molecule has 1 amide bonds. The molecule has 2 fully saturated rings. The van der Waals surface area contributed by atoms with Crippen molar-refractivity contribution >= 4 is 16.8 Å². The Bertz CT molecular complexity index is 1020. The van der Waals surface area contributed by atoms with Gasteiger partial charge in [0.1, 0.15) is 0 Å². The second-order valence-electron chi connectivity index (χ2n) is 8.66. The number of H-pyrrole nitrogens is 1. The smallest absolute Gasteiger partial charge is 0.272 e. The van der Waals surface area contributed by atoms with Gasteiger partial charge < -0.3 is 10.2 Å². The molecule has 0 atom stereocenters. The Morgan fingerprint density at radius 3 is 2.68 bits per heavy atom. The van der Waals surface area contributed by atoms with Crippen molar-refractivity contribution in [2.75, 3.05) is 20.1 Å². The fourth-order valence-electron chi connectivity index (χ4n) is 4.98. The molecule has 2 aliphatic rings. The number of hydrogen-bond donors (Lipinski definition) is 2. The van der Waals surface area contributed by atoms with Crippen LogP contribution in [0.3, 0.4) is 0 Å². The van der Waals surface area contributed by atoms with Gasteiger partial charge in [-0.05, 0) is 55.8 Å². The Morgan fingerprint density at radius 2 is 2.00 bits per heavy atom. The maximum absolute atomic E-state index is 12.9. The number of hydrogen-bond acceptors (Lipinski definition) is 4. The van der Waals surface area contributed by atoms with E-state index in [-0.39, 0.29) is 11.9 Å². The molecule has 1 aromatic carbocycles. The van der Waals surface area contributed by atoms with E-state index < -0.39 is 0 Å². The van der Waals surface area contributed by atoms with E-state index in [4.69, 9.17) is 0 Å². The molecule has 1 aliphatic heterocycles. The van der Waals surface area contributed by atoms with Crippen LogP contribution in [0.1, 0.15) is 36.2 Å². The maximum atomic E-state index is 12.9. The lowest BCUT2D eigenvalue weighted by Gasteiger charge is -2.52. The van der Waals surface area contributed by atoms with Gasteiger partial charge in [-0.1, -0.05) is 6.07 Å². The van der Waals surface area contributed by atoms with Crippen molar-refractivity contribution in [1.82, 2.24) is 30.2 Å². The highest BCUT2D eigenvalue weighted by Gasteiger charge is 2.43. The van der Waals surface area contributed by atoms with Crippen molar-refractivity contribution in [2.24, 2.45) is 12.5 Å². The van der Waals surface area contributed by atoms with Crippen LogP contribution in [0.2, 0.25) is 0 Å². The lowest BCUT2D eigenvalue weighted by Crippen LogP contribution is -2.57. The normalized spacial score (nSPS) is 19.8. The highest BCUT2D eigenvalue weighted by Crippen LogP contribution is 2.43. The summed E-state index contributed by atoms with van der Waals surface area (Å²) in [6.07, 6.45) is 8.32. The molecular weight excluding hydrogens is 352 g/mol. The van der Waals surface area contributed by atoms with Crippen LogP contribution in [0.4, 0.5) is 0 Å². The van der Waals surface area contributed by atoms with Crippen LogP contribution < -0.4 is 5.32 Å². The van der Waals surface area contributed by atoms with Gasteiger partial charge in [0.2, 0.25) is 0 Å². The number of nitrogens with zero attached hydrogens (tertiary/aromatic N) is 4. The summed E-state index contributed by atoms with van der Waals surface area (Å²) in [6, 6.07) is 6.26. The molecule has 1 saturated heterocycles. The number of benzene rings is 1. The van der Waals surface area contributed by atoms with E-state index in [1.165, 1.54) is 25.9 Å². The monoisotopic (exact) mass is 378 g/mol. The highest BCUT2D eigenvalue weighted by molar-refractivity contribution is 6.05. The molecule has 28 heavy (non-hydrogen) atoms. The average molecular weight is 378 g/mol. The Balaban J connectivity index is 1.32. The third-order valence-corrected chi connectivity index (χ3v) is 6.41. The molecule has 3 aromatic rings. The highest BCUT2D eigenvalue weighted by atomic mass is 16.2. The Labute approximate surface area is 164 Å². The van der Waals surface area contributed by atoms with Crippen LogP contribution in [0, 0.1) is 5.41 Å². The number of aromatic amines is 1. The van der Waals surface area contributed by atoms with Crippen molar-refractivity contribution < 1.29 is 4.79 Å². The molecular formula is C21H26N6O. The Morgan fingerprint density at radius 1 is 1.21 bits per heavy atom. The molecule has 0 bridgehead atoms. The number of nitrogens with one attached hydrogen (secondary N) is 2. The Kier molecular flexibility index (Phi) is 4.01. The molecule has 1 saturated carbocycles. The van der Waals surface area contributed by atoms with E-state index in [1.54, 1.807) is 4.68 Å². The maximum Gasteiger partial charge on any atom is 0.272 e. The number of aryl methyl sites for hydroxylation is 1. The zero-order chi connectivity index (χ0) is 19.3. The van der Waals surface area contributed by atoms with Crippen LogP contribution in [0.15, 0.2) is 30.6 Å². The number of carbonyl (C=O) groups is 1. The van der Waals surface area contributed by atoms with Gasteiger partial charge in [0.15, 0.2) is 5.69 Å². The largest absolute Gasteiger partial charge is 0.348 e. The summed E-state index contributed by atoms with van der Waals surface area (Å²) in [6.45, 7) is 2.41. The van der Waals surface area contributed by atoms with E-state index >= 15 is 0 Å². The van der Waals surface area contributed by atoms with Gasteiger partial charge in [-0.3, -0.25) is 14.6 Å². The number of aromatic nitrogens is 4. The molecule has 2 aromatic heterocycles. The van der Waals surface area contributed by atoms with Gasteiger partial charge in [-0.25, -0.2) is 0 Å². The first-order valence-corrected chi connectivity index (χ1v) is 9.98. The number of carbonyl (C=O) groups excluding carboxylic acids is 1. The second kappa shape index (κ2) is 6.44. The molecule has 146 valence electrons. The first kappa shape index (κ1) is 17.4. The van der Waals surface area contributed by atoms with Crippen molar-refractivity contribution in [2.45, 2.75) is 31.7 Å². The average Bonchev–Trinajstić information content (AvgIpc) is 3.28. The van der Waals surface area contributed by atoms with E-state index in [0.29, 0.717) is 11.1 Å². The van der Waals surface area contributed by atoms with E-state index in [2.05, 4.69) is 32.6 Å². The van der Waals surface area contributed by atoms with E-state index in [1.807, 2.05) is 37.6 Å². The molecule has 2 N–H and O–H groups in total. The van der Waals surface area contributed by atoms with Gasteiger partial charge in [0.25, 0.3) is 5.91 Å². The van der Waals surface area contributed by atoms with Crippen LogP contribution in [0.25, 0.3) is 22.0 Å². The number of fused-ring (bicyclic) bond motifs is 1. The number of likely N-dealkylation sites (tertiary alicyclic amines) is 1. The lowest BCUT2D eigenvalue weighted by atomic mass is 9.67. The zero-order valence-electron chi connectivity index (χ0n) is 16.4. The predicted octanol–water partition coefficient (Wildman–Crippen LogP) is 2.57. The molecule has 1 spiro atoms. The fourth-order valence-corrected chi connectivity index (χ4v) is 4.98. The minimum absolute atomic E-state index is 0.0822. The lowest BCUT2D eigenvalue weighted by molar-refractivity contribution is -0.0156. The standard InChI is InChI=1S/C21H26N6O/c1-26-12-21(13-26)7-5-16(6-8-21)23-20(28)19-17-9-14(3-4-18(17)24-25-19)15-10-22-27(2)11-15/h3-4,9-11,16H,5-8,12-13H2,1-2H3,(H,23,28)(H,24,25). The summed E-state index contributed by atoms with van der Waals surface area (Å²) in [5.41, 5.74) is 3.92. The minimum atomic E-state index is -0.0822. The summed E-state index contributed by atoms with van der Waals surface area (Å²) in [7, 11) is 4.08. The molecule has 7 heteroatoms. The van der Waals surface area contributed by atoms with Crippen molar-refractivity contribution in [1.29, 1.82) is 0 Å². The van der Waals surface area contributed by atoms with Gasteiger partial charge in [-0.2, -0.15) is 10.2 Å². The molecule has 0 radical (unpaired) electrons. The third-order valence-electron chi connectivity index (χ3n) is 6.41. The summed E-state index contributed by atoms with van der Waals surface area (Å²) in [4.78, 5) is 15.3. The zero-order valence-corrected chi connectivity index (χ0v) is 16.4. The topological polar surface area (TPSA) is 78.8 Å². The summed E-state index contributed by atoms with van der Waals surface area (Å²) in [5, 5.41) is 15.6. The summed E-state index contributed by atoms with van der Waals surface area (Å²) < 4.78 is 1.78. The summed E-state index contributed by atoms with van der Waals surface area (Å²) >= 11 is 0. The number of amides is 1. The van der Waals surface area contributed by atoms with E-state index in [9.17, 15) is 4.79 Å². The molecule has 7 nitrogen and oxygen atoms in total.